The molecular formula is C25H21N5O3. The van der Waals surface area contributed by atoms with Crippen LogP contribution in [0.5, 0.6) is 0 Å². The molecule has 3 aliphatic rings. The Morgan fingerprint density at radius 3 is 2.94 bits per heavy atom. The van der Waals surface area contributed by atoms with Crippen LogP contribution >= 0.6 is 0 Å². The van der Waals surface area contributed by atoms with Gasteiger partial charge in [-0.2, -0.15) is 5.10 Å². The highest BCUT2D eigenvalue weighted by atomic mass is 16.7. The Morgan fingerprint density at radius 1 is 1.09 bits per heavy atom. The summed E-state index contributed by atoms with van der Waals surface area (Å²) in [6.45, 7) is 0. The number of pyridine rings is 1. The highest BCUT2D eigenvalue weighted by Crippen LogP contribution is 2.60. The van der Waals surface area contributed by atoms with E-state index in [2.05, 4.69) is 25.7 Å². The summed E-state index contributed by atoms with van der Waals surface area (Å²) in [5, 5.41) is 15.6. The smallest absolute Gasteiger partial charge is 0.272 e. The minimum Gasteiger partial charge on any atom is -0.472 e. The Kier molecular flexibility index (Phi) is 3.82. The fraction of sp³-hybridized carbons (Fsp3) is 0.280. The summed E-state index contributed by atoms with van der Waals surface area (Å²) in [4.78, 5) is 24.3. The van der Waals surface area contributed by atoms with Crippen molar-refractivity contribution in [3.63, 3.8) is 0 Å². The standard InChI is InChI=1S/C25H21N5O3/c31-24(28-20-3-4-21-17(9-20)12-27-29-21)25-19-2-1-14(8-19)22(25)23(30-33-25)18-7-16(10-26-11-18)15-5-6-32-13-15/h3-7,9-14,19,22H,1-2,8H2,(H,27,29)(H,28,31). The van der Waals surface area contributed by atoms with Crippen LogP contribution in [0.25, 0.3) is 22.0 Å². The molecule has 2 bridgehead atoms. The Labute approximate surface area is 189 Å². The minimum absolute atomic E-state index is 0.0877. The molecule has 8 heteroatoms. The topological polar surface area (TPSA) is 105 Å². The van der Waals surface area contributed by atoms with E-state index in [0.29, 0.717) is 5.92 Å². The molecule has 7 rings (SSSR count). The number of nitrogens with one attached hydrogen (secondary N) is 2. The average molecular weight is 439 g/mol. The van der Waals surface area contributed by atoms with Gasteiger partial charge in [-0.25, -0.2) is 0 Å². The maximum atomic E-state index is 13.8. The van der Waals surface area contributed by atoms with Gasteiger partial charge in [0, 0.05) is 46.1 Å². The lowest BCUT2D eigenvalue weighted by molar-refractivity contribution is -0.149. The van der Waals surface area contributed by atoms with E-state index in [1.807, 2.05) is 30.3 Å². The Hall–Kier alpha value is -3.94. The number of benzene rings is 1. The van der Waals surface area contributed by atoms with Gasteiger partial charge in [0.25, 0.3) is 5.91 Å². The van der Waals surface area contributed by atoms with Crippen molar-refractivity contribution in [2.75, 3.05) is 5.32 Å². The number of rotatable bonds is 4. The SMILES string of the molecule is O=C(Nc1ccc2[nH]ncc2c1)C12ON=C(c3cncc(-c4ccoc4)c3)C1C1CCC2C1. The summed E-state index contributed by atoms with van der Waals surface area (Å²) < 4.78 is 5.23. The molecule has 4 atom stereocenters. The summed E-state index contributed by atoms with van der Waals surface area (Å²) >= 11 is 0. The molecule has 2 fully saturated rings. The number of carbonyl (C=O) groups excluding carboxylic acids is 1. The zero-order valence-corrected chi connectivity index (χ0v) is 17.7. The number of furan rings is 1. The molecule has 1 amide bonds. The molecule has 4 heterocycles. The maximum Gasteiger partial charge on any atom is 0.272 e. The quantitative estimate of drug-likeness (QED) is 0.491. The summed E-state index contributed by atoms with van der Waals surface area (Å²) in [5.41, 5.74) is 4.29. The molecule has 4 unspecified atom stereocenters. The maximum absolute atomic E-state index is 13.8. The Morgan fingerprint density at radius 2 is 2.03 bits per heavy atom. The van der Waals surface area contributed by atoms with Crippen LogP contribution in [0.15, 0.2) is 71.0 Å². The van der Waals surface area contributed by atoms with Crippen molar-refractivity contribution in [1.29, 1.82) is 0 Å². The van der Waals surface area contributed by atoms with Gasteiger partial charge < -0.3 is 14.6 Å². The minimum atomic E-state index is -0.977. The number of oxime groups is 1. The molecule has 0 saturated heterocycles. The fourth-order valence-electron chi connectivity index (χ4n) is 6.07. The second kappa shape index (κ2) is 6.78. The van der Waals surface area contributed by atoms with Gasteiger partial charge in [0.2, 0.25) is 5.60 Å². The van der Waals surface area contributed by atoms with Gasteiger partial charge in [0.05, 0.1) is 35.9 Å². The van der Waals surface area contributed by atoms with Crippen LogP contribution in [-0.4, -0.2) is 32.4 Å². The first kappa shape index (κ1) is 18.6. The van der Waals surface area contributed by atoms with Gasteiger partial charge in [-0.1, -0.05) is 5.16 Å². The largest absolute Gasteiger partial charge is 0.472 e. The van der Waals surface area contributed by atoms with Gasteiger partial charge >= 0.3 is 0 Å². The van der Waals surface area contributed by atoms with E-state index in [-0.39, 0.29) is 17.7 Å². The summed E-state index contributed by atoms with van der Waals surface area (Å²) in [7, 11) is 0. The molecule has 3 aromatic heterocycles. The molecule has 1 aromatic carbocycles. The van der Waals surface area contributed by atoms with Crippen molar-refractivity contribution in [3.8, 4) is 11.1 Å². The van der Waals surface area contributed by atoms with Gasteiger partial charge in [-0.3, -0.25) is 14.9 Å². The second-order valence-electron chi connectivity index (χ2n) is 9.21. The average Bonchev–Trinajstić information content (AvgIpc) is 3.65. The lowest BCUT2D eigenvalue weighted by atomic mass is 9.71. The lowest BCUT2D eigenvalue weighted by Crippen LogP contribution is -2.53. The van der Waals surface area contributed by atoms with Gasteiger partial charge in [-0.15, -0.1) is 0 Å². The number of carbonyl (C=O) groups is 1. The Balaban J connectivity index is 1.23. The van der Waals surface area contributed by atoms with Crippen molar-refractivity contribution in [2.45, 2.75) is 24.9 Å². The predicted molar refractivity (Wildman–Crippen MR) is 121 cm³/mol. The third-order valence-electron chi connectivity index (χ3n) is 7.54. The number of fused-ring (bicyclic) bond motifs is 6. The molecule has 4 aromatic rings. The summed E-state index contributed by atoms with van der Waals surface area (Å²) in [6.07, 6.45) is 11.7. The molecule has 1 aliphatic heterocycles. The molecule has 2 aliphatic carbocycles. The van der Waals surface area contributed by atoms with Gasteiger partial charge in [0.15, 0.2) is 0 Å². The Bertz CT molecular complexity index is 1410. The highest BCUT2D eigenvalue weighted by Gasteiger charge is 2.69. The number of hydrogen-bond acceptors (Lipinski definition) is 6. The number of anilines is 1. The van der Waals surface area contributed by atoms with Crippen molar-refractivity contribution in [1.82, 2.24) is 15.2 Å². The van der Waals surface area contributed by atoms with E-state index in [1.54, 1.807) is 31.1 Å². The number of hydrogen-bond donors (Lipinski definition) is 2. The predicted octanol–water partition coefficient (Wildman–Crippen LogP) is 4.38. The van der Waals surface area contributed by atoms with E-state index in [1.165, 1.54) is 0 Å². The van der Waals surface area contributed by atoms with Crippen molar-refractivity contribution in [3.05, 3.63) is 67.0 Å². The van der Waals surface area contributed by atoms with Gasteiger partial charge in [0.1, 0.15) is 0 Å². The first-order valence-electron chi connectivity index (χ1n) is 11.2. The van der Waals surface area contributed by atoms with Crippen molar-refractivity contribution < 1.29 is 14.0 Å². The van der Waals surface area contributed by atoms with Crippen LogP contribution in [0.2, 0.25) is 0 Å². The number of aromatic nitrogens is 3. The monoisotopic (exact) mass is 439 g/mol. The zero-order chi connectivity index (χ0) is 22.0. The van der Waals surface area contributed by atoms with E-state index in [9.17, 15) is 4.79 Å². The fourth-order valence-corrected chi connectivity index (χ4v) is 6.07. The third kappa shape index (κ3) is 2.63. The van der Waals surface area contributed by atoms with Gasteiger partial charge in [-0.05, 0) is 55.5 Å². The number of H-pyrrole nitrogens is 1. The molecule has 2 saturated carbocycles. The molecule has 2 N–H and O–H groups in total. The lowest BCUT2D eigenvalue weighted by Gasteiger charge is -2.35. The molecule has 33 heavy (non-hydrogen) atoms. The molecular weight excluding hydrogens is 418 g/mol. The number of aromatic amines is 1. The zero-order valence-electron chi connectivity index (χ0n) is 17.7. The number of nitrogens with zero attached hydrogens (tertiary/aromatic N) is 3. The number of amides is 1. The second-order valence-corrected chi connectivity index (χ2v) is 9.21. The van der Waals surface area contributed by atoms with E-state index in [0.717, 1.165) is 58.3 Å². The van der Waals surface area contributed by atoms with E-state index >= 15 is 0 Å². The third-order valence-corrected chi connectivity index (χ3v) is 7.54. The van der Waals surface area contributed by atoms with Crippen LogP contribution in [0.3, 0.4) is 0 Å². The van der Waals surface area contributed by atoms with E-state index < -0.39 is 5.60 Å². The molecule has 164 valence electrons. The highest BCUT2D eigenvalue weighted by molar-refractivity contribution is 6.11. The summed E-state index contributed by atoms with van der Waals surface area (Å²) in [6, 6.07) is 9.67. The van der Waals surface area contributed by atoms with Crippen LogP contribution in [-0.2, 0) is 9.63 Å². The molecule has 0 spiro atoms. The van der Waals surface area contributed by atoms with Crippen LogP contribution in [0, 0.1) is 17.8 Å². The van der Waals surface area contributed by atoms with Crippen LogP contribution < -0.4 is 5.32 Å². The van der Waals surface area contributed by atoms with Crippen LogP contribution in [0.4, 0.5) is 5.69 Å². The van der Waals surface area contributed by atoms with E-state index in [4.69, 9.17) is 9.25 Å². The van der Waals surface area contributed by atoms with Crippen molar-refractivity contribution in [2.24, 2.45) is 22.9 Å². The first-order valence-corrected chi connectivity index (χ1v) is 11.2. The van der Waals surface area contributed by atoms with Crippen LogP contribution in [0.1, 0.15) is 24.8 Å². The molecule has 8 nitrogen and oxygen atoms in total. The summed E-state index contributed by atoms with van der Waals surface area (Å²) in [5.74, 6) is 0.308. The molecule has 0 radical (unpaired) electrons. The normalized spacial score (nSPS) is 27.4. The van der Waals surface area contributed by atoms with Crippen molar-refractivity contribution >= 4 is 28.2 Å². The first-order chi connectivity index (χ1) is 16.2.